The molecule has 1 N–H and O–H groups in total. The van der Waals surface area contributed by atoms with Crippen molar-refractivity contribution < 1.29 is 13.9 Å². The Morgan fingerprint density at radius 1 is 1.15 bits per heavy atom. The molecule has 0 saturated heterocycles. The Hall–Kier alpha value is -2.09. The van der Waals surface area contributed by atoms with Crippen molar-refractivity contribution in [1.29, 1.82) is 0 Å². The molecule has 1 amide bonds. The molecule has 0 saturated carbocycles. The Labute approximate surface area is 169 Å². The molecule has 0 aliphatic carbocycles. The van der Waals surface area contributed by atoms with Gasteiger partial charge in [-0.05, 0) is 42.0 Å². The molecule has 140 valence electrons. The topological polar surface area (TPSA) is 51.2 Å². The summed E-state index contributed by atoms with van der Waals surface area (Å²) in [7, 11) is 0. The minimum atomic E-state index is -0.273. The molecule has 8 heteroatoms. The summed E-state index contributed by atoms with van der Waals surface area (Å²) in [5, 5.41) is 5.78. The molecular formula is C19H16ClFN2O2S2. The minimum Gasteiger partial charge on any atom is -0.484 e. The van der Waals surface area contributed by atoms with Gasteiger partial charge < -0.3 is 4.74 Å². The second-order valence-electron chi connectivity index (χ2n) is 5.55. The van der Waals surface area contributed by atoms with E-state index >= 15 is 0 Å². The zero-order chi connectivity index (χ0) is 19.1. The molecule has 0 radical (unpaired) electrons. The Kier molecular flexibility index (Phi) is 7.09. The lowest BCUT2D eigenvalue weighted by Crippen LogP contribution is -2.20. The van der Waals surface area contributed by atoms with Crippen LogP contribution in [-0.4, -0.2) is 17.5 Å². The maximum absolute atomic E-state index is 12.9. The highest BCUT2D eigenvalue weighted by Gasteiger charge is 2.08. The average Bonchev–Trinajstić information content (AvgIpc) is 3.10. The number of hydrogen-bond donors (Lipinski definition) is 1. The van der Waals surface area contributed by atoms with Crippen molar-refractivity contribution in [3.05, 3.63) is 76.0 Å². The van der Waals surface area contributed by atoms with Gasteiger partial charge in [-0.1, -0.05) is 23.7 Å². The van der Waals surface area contributed by atoms with Crippen molar-refractivity contribution in [3.63, 3.8) is 0 Å². The third-order valence-corrected chi connectivity index (χ3v) is 5.51. The predicted octanol–water partition coefficient (Wildman–Crippen LogP) is 5.39. The summed E-state index contributed by atoms with van der Waals surface area (Å²) >= 11 is 8.85. The summed E-state index contributed by atoms with van der Waals surface area (Å²) in [6.45, 7) is -0.101. The van der Waals surface area contributed by atoms with Crippen LogP contribution in [0, 0.1) is 5.82 Å². The number of anilines is 1. The number of nitrogens with one attached hydrogen (secondary N) is 1. The van der Waals surface area contributed by atoms with E-state index in [9.17, 15) is 9.18 Å². The smallest absolute Gasteiger partial charge is 0.264 e. The van der Waals surface area contributed by atoms with Crippen LogP contribution in [0.1, 0.15) is 11.3 Å². The van der Waals surface area contributed by atoms with E-state index in [0.29, 0.717) is 21.7 Å². The van der Waals surface area contributed by atoms with Gasteiger partial charge in [0.05, 0.1) is 5.69 Å². The first-order valence-electron chi connectivity index (χ1n) is 8.03. The molecule has 3 aromatic rings. The number of ether oxygens (including phenoxy) is 1. The van der Waals surface area contributed by atoms with Crippen LogP contribution in [0.15, 0.2) is 53.9 Å². The lowest BCUT2D eigenvalue weighted by atomic mass is 10.2. The van der Waals surface area contributed by atoms with Crippen molar-refractivity contribution in [3.8, 4) is 5.75 Å². The monoisotopic (exact) mass is 422 g/mol. The van der Waals surface area contributed by atoms with Gasteiger partial charge in [-0.2, -0.15) is 11.8 Å². The van der Waals surface area contributed by atoms with Crippen molar-refractivity contribution in [2.45, 2.75) is 11.5 Å². The molecule has 0 aliphatic heterocycles. The second kappa shape index (κ2) is 9.73. The standard InChI is InChI=1S/C19H16ClFN2O2S2/c20-14-3-7-17(8-4-14)25-9-18(24)23-19-22-16(12-27-19)11-26-10-13-1-5-15(21)6-2-13/h1-8,12H,9-11H2,(H,22,23,24). The van der Waals surface area contributed by atoms with Gasteiger partial charge in [-0.25, -0.2) is 9.37 Å². The van der Waals surface area contributed by atoms with Crippen LogP contribution in [0.4, 0.5) is 9.52 Å². The highest BCUT2D eigenvalue weighted by atomic mass is 35.5. The number of carbonyl (C=O) groups is 1. The third kappa shape index (κ3) is 6.53. The lowest BCUT2D eigenvalue weighted by molar-refractivity contribution is -0.118. The summed E-state index contributed by atoms with van der Waals surface area (Å²) in [5.41, 5.74) is 1.95. The molecule has 4 nitrogen and oxygen atoms in total. The van der Waals surface area contributed by atoms with E-state index in [-0.39, 0.29) is 18.3 Å². The molecule has 0 spiro atoms. The molecule has 2 aromatic carbocycles. The summed E-state index contributed by atoms with van der Waals surface area (Å²) < 4.78 is 18.3. The molecule has 0 fully saturated rings. The van der Waals surface area contributed by atoms with Gasteiger partial charge >= 0.3 is 0 Å². The third-order valence-electron chi connectivity index (χ3n) is 3.41. The van der Waals surface area contributed by atoms with Crippen molar-refractivity contribution in [1.82, 2.24) is 4.98 Å². The lowest BCUT2D eigenvalue weighted by Gasteiger charge is -2.05. The zero-order valence-corrected chi connectivity index (χ0v) is 16.5. The number of carbonyl (C=O) groups excluding carboxylic acids is 1. The Morgan fingerprint density at radius 2 is 1.89 bits per heavy atom. The van der Waals surface area contributed by atoms with Crippen LogP contribution in [0.2, 0.25) is 5.02 Å². The Morgan fingerprint density at radius 3 is 2.63 bits per heavy atom. The first kappa shape index (κ1) is 19.7. The fourth-order valence-electron chi connectivity index (χ4n) is 2.12. The fraction of sp³-hybridized carbons (Fsp3) is 0.158. The number of thiazole rings is 1. The van der Waals surface area contributed by atoms with Gasteiger partial charge in [-0.3, -0.25) is 10.1 Å². The maximum atomic E-state index is 12.9. The molecule has 27 heavy (non-hydrogen) atoms. The Bertz CT molecular complexity index is 885. The first-order chi connectivity index (χ1) is 13.1. The fourth-order valence-corrected chi connectivity index (χ4v) is 3.96. The van der Waals surface area contributed by atoms with Crippen LogP contribution in [-0.2, 0) is 16.3 Å². The maximum Gasteiger partial charge on any atom is 0.264 e. The summed E-state index contributed by atoms with van der Waals surface area (Å²) in [5.74, 6) is 1.56. The van der Waals surface area contributed by atoms with Crippen LogP contribution in [0.3, 0.4) is 0 Å². The number of benzene rings is 2. The molecule has 3 rings (SSSR count). The molecule has 0 bridgehead atoms. The van der Waals surface area contributed by atoms with E-state index in [2.05, 4.69) is 10.3 Å². The molecule has 0 unspecified atom stereocenters. The SMILES string of the molecule is O=C(COc1ccc(Cl)cc1)Nc1nc(CSCc2ccc(F)cc2)cs1. The molecule has 1 heterocycles. The number of amides is 1. The number of hydrogen-bond acceptors (Lipinski definition) is 5. The predicted molar refractivity (Wildman–Crippen MR) is 109 cm³/mol. The number of rotatable bonds is 8. The van der Waals surface area contributed by atoms with Gasteiger partial charge in [0.25, 0.3) is 5.91 Å². The first-order valence-corrected chi connectivity index (χ1v) is 10.4. The number of halogens is 2. The van der Waals surface area contributed by atoms with E-state index < -0.39 is 0 Å². The number of thioether (sulfide) groups is 1. The number of aromatic nitrogens is 1. The molecule has 0 atom stereocenters. The quantitative estimate of drug-likeness (QED) is 0.529. The Balaban J connectivity index is 1.41. The molecule has 1 aromatic heterocycles. The van der Waals surface area contributed by atoms with E-state index in [1.165, 1.54) is 23.5 Å². The van der Waals surface area contributed by atoms with Gasteiger partial charge in [0, 0.05) is 21.9 Å². The van der Waals surface area contributed by atoms with Crippen LogP contribution < -0.4 is 10.1 Å². The van der Waals surface area contributed by atoms with Crippen molar-refractivity contribution >= 4 is 45.7 Å². The van der Waals surface area contributed by atoms with Gasteiger partial charge in [0.15, 0.2) is 11.7 Å². The highest BCUT2D eigenvalue weighted by molar-refractivity contribution is 7.97. The average molecular weight is 423 g/mol. The van der Waals surface area contributed by atoms with E-state index in [4.69, 9.17) is 16.3 Å². The number of nitrogens with zero attached hydrogens (tertiary/aromatic N) is 1. The van der Waals surface area contributed by atoms with Gasteiger partial charge in [0.2, 0.25) is 0 Å². The van der Waals surface area contributed by atoms with Crippen molar-refractivity contribution in [2.75, 3.05) is 11.9 Å². The molecular weight excluding hydrogens is 407 g/mol. The van der Waals surface area contributed by atoms with Gasteiger partial charge in [-0.15, -0.1) is 11.3 Å². The van der Waals surface area contributed by atoms with Crippen LogP contribution in [0.25, 0.3) is 0 Å². The summed E-state index contributed by atoms with van der Waals surface area (Å²) in [4.78, 5) is 16.4. The van der Waals surface area contributed by atoms with Crippen LogP contribution in [0.5, 0.6) is 5.75 Å². The van der Waals surface area contributed by atoms with E-state index in [0.717, 1.165) is 17.0 Å². The summed E-state index contributed by atoms with van der Waals surface area (Å²) in [6, 6.07) is 13.3. The van der Waals surface area contributed by atoms with Crippen molar-refractivity contribution in [2.24, 2.45) is 0 Å². The summed E-state index contributed by atoms with van der Waals surface area (Å²) in [6.07, 6.45) is 0. The highest BCUT2D eigenvalue weighted by Crippen LogP contribution is 2.22. The van der Waals surface area contributed by atoms with Crippen LogP contribution >= 0.6 is 34.7 Å². The van der Waals surface area contributed by atoms with E-state index in [1.807, 2.05) is 5.38 Å². The molecule has 0 aliphatic rings. The zero-order valence-electron chi connectivity index (χ0n) is 14.2. The normalized spacial score (nSPS) is 10.6. The largest absolute Gasteiger partial charge is 0.484 e. The second-order valence-corrected chi connectivity index (χ2v) is 7.83. The minimum absolute atomic E-state index is 0.101. The van der Waals surface area contributed by atoms with E-state index in [1.54, 1.807) is 48.2 Å². The van der Waals surface area contributed by atoms with Gasteiger partial charge in [0.1, 0.15) is 11.6 Å².